The first-order valence-electron chi connectivity index (χ1n) is 9.30. The molecule has 0 aliphatic heterocycles. The number of hydrogen-bond donors (Lipinski definition) is 1. The van der Waals surface area contributed by atoms with Crippen molar-refractivity contribution in [1.82, 2.24) is 4.90 Å². The van der Waals surface area contributed by atoms with Crippen LogP contribution in [0.15, 0.2) is 54.6 Å². The van der Waals surface area contributed by atoms with Crippen LogP contribution in [0.5, 0.6) is 0 Å². The number of nitrogens with zero attached hydrogens (tertiary/aromatic N) is 2. The summed E-state index contributed by atoms with van der Waals surface area (Å²) in [7, 11) is 0. The maximum atomic E-state index is 13.0. The van der Waals surface area contributed by atoms with Gasteiger partial charge >= 0.3 is 0 Å². The molecule has 0 bridgehead atoms. The Morgan fingerprint density at radius 2 is 1.63 bits per heavy atom. The molecule has 144 valence electrons. The number of primary amides is 1. The second kappa shape index (κ2) is 9.76. The Labute approximate surface area is 161 Å². The summed E-state index contributed by atoms with van der Waals surface area (Å²) in [5.74, 6) is -0.422. The third-order valence-electron chi connectivity index (χ3n) is 4.49. The molecule has 0 spiro atoms. The van der Waals surface area contributed by atoms with Crippen molar-refractivity contribution in [3.05, 3.63) is 65.7 Å². The van der Waals surface area contributed by atoms with E-state index in [1.54, 1.807) is 4.90 Å². The van der Waals surface area contributed by atoms with Crippen LogP contribution in [-0.4, -0.2) is 35.8 Å². The van der Waals surface area contributed by atoms with Crippen LogP contribution >= 0.6 is 0 Å². The first-order valence-corrected chi connectivity index (χ1v) is 9.30. The zero-order valence-corrected chi connectivity index (χ0v) is 16.4. The molecule has 0 fully saturated rings. The highest BCUT2D eigenvalue weighted by molar-refractivity contribution is 5.82. The topological polar surface area (TPSA) is 66.6 Å². The van der Waals surface area contributed by atoms with E-state index in [-0.39, 0.29) is 24.9 Å². The molecule has 0 saturated heterocycles. The van der Waals surface area contributed by atoms with E-state index in [4.69, 9.17) is 5.73 Å². The Morgan fingerprint density at radius 1 is 1.00 bits per heavy atom. The van der Waals surface area contributed by atoms with Crippen LogP contribution in [0.2, 0.25) is 0 Å². The van der Waals surface area contributed by atoms with Crippen molar-refractivity contribution in [2.24, 2.45) is 5.73 Å². The predicted octanol–water partition coefficient (Wildman–Crippen LogP) is 3.11. The smallest absolute Gasteiger partial charge is 0.242 e. The fourth-order valence-corrected chi connectivity index (χ4v) is 2.89. The van der Waals surface area contributed by atoms with Crippen LogP contribution in [-0.2, 0) is 16.1 Å². The maximum Gasteiger partial charge on any atom is 0.242 e. The molecule has 2 rings (SSSR count). The summed E-state index contributed by atoms with van der Waals surface area (Å²) < 4.78 is 0. The molecule has 2 amide bonds. The van der Waals surface area contributed by atoms with Gasteiger partial charge in [0.1, 0.15) is 0 Å². The number of hydrogen-bond acceptors (Lipinski definition) is 3. The highest BCUT2D eigenvalue weighted by Gasteiger charge is 2.20. The zero-order valence-electron chi connectivity index (χ0n) is 16.4. The van der Waals surface area contributed by atoms with Crippen LogP contribution in [0.4, 0.5) is 5.69 Å². The molecule has 0 aliphatic carbocycles. The molecule has 0 unspecified atom stereocenters. The summed E-state index contributed by atoms with van der Waals surface area (Å²) in [4.78, 5) is 28.1. The summed E-state index contributed by atoms with van der Waals surface area (Å²) in [5, 5.41) is 0. The van der Waals surface area contributed by atoms with Gasteiger partial charge in [-0.3, -0.25) is 9.59 Å². The van der Waals surface area contributed by atoms with E-state index in [0.29, 0.717) is 13.1 Å². The standard InChI is InChI=1S/C22H29N3O2/c1-17(2)25(20-11-9-18(3)10-12-20)16-22(27)24(14-13-21(23)26)15-19-7-5-4-6-8-19/h4-12,17H,13-16H2,1-3H3,(H2,23,26). The fraction of sp³-hybridized carbons (Fsp3) is 0.364. The molecule has 0 aromatic heterocycles. The van der Waals surface area contributed by atoms with Gasteiger partial charge in [0, 0.05) is 31.2 Å². The van der Waals surface area contributed by atoms with Gasteiger partial charge in [-0.2, -0.15) is 0 Å². The van der Waals surface area contributed by atoms with E-state index < -0.39 is 5.91 Å². The highest BCUT2D eigenvalue weighted by Crippen LogP contribution is 2.18. The molecule has 0 saturated carbocycles. The second-order valence-corrected chi connectivity index (χ2v) is 7.07. The number of rotatable bonds is 9. The highest BCUT2D eigenvalue weighted by atomic mass is 16.2. The third-order valence-corrected chi connectivity index (χ3v) is 4.49. The summed E-state index contributed by atoms with van der Waals surface area (Å²) in [6.45, 7) is 7.22. The first kappa shape index (κ1) is 20.5. The maximum absolute atomic E-state index is 13.0. The van der Waals surface area contributed by atoms with Crippen molar-refractivity contribution in [3.63, 3.8) is 0 Å². The van der Waals surface area contributed by atoms with Crippen molar-refractivity contribution in [2.75, 3.05) is 18.0 Å². The van der Waals surface area contributed by atoms with Crippen LogP contribution in [0.1, 0.15) is 31.4 Å². The third kappa shape index (κ3) is 6.44. The Balaban J connectivity index is 2.15. The largest absolute Gasteiger partial charge is 0.370 e. The van der Waals surface area contributed by atoms with Gasteiger partial charge in [-0.1, -0.05) is 48.0 Å². The number of benzene rings is 2. The Hall–Kier alpha value is -2.82. The fourth-order valence-electron chi connectivity index (χ4n) is 2.89. The van der Waals surface area contributed by atoms with Gasteiger partial charge in [-0.25, -0.2) is 0 Å². The zero-order chi connectivity index (χ0) is 19.8. The van der Waals surface area contributed by atoms with E-state index in [0.717, 1.165) is 11.3 Å². The van der Waals surface area contributed by atoms with Crippen molar-refractivity contribution >= 4 is 17.5 Å². The van der Waals surface area contributed by atoms with Crippen LogP contribution < -0.4 is 10.6 Å². The molecule has 2 N–H and O–H groups in total. The monoisotopic (exact) mass is 367 g/mol. The Morgan fingerprint density at radius 3 is 2.19 bits per heavy atom. The molecular weight excluding hydrogens is 338 g/mol. The number of anilines is 1. The molecule has 0 radical (unpaired) electrons. The lowest BCUT2D eigenvalue weighted by molar-refractivity contribution is -0.131. The molecule has 0 atom stereocenters. The van der Waals surface area contributed by atoms with Crippen molar-refractivity contribution in [1.29, 1.82) is 0 Å². The first-order chi connectivity index (χ1) is 12.9. The lowest BCUT2D eigenvalue weighted by atomic mass is 10.1. The molecule has 27 heavy (non-hydrogen) atoms. The number of nitrogens with two attached hydrogens (primary N) is 1. The number of carbonyl (C=O) groups is 2. The lowest BCUT2D eigenvalue weighted by Gasteiger charge is -2.31. The van der Waals surface area contributed by atoms with E-state index in [2.05, 4.69) is 18.7 Å². The van der Waals surface area contributed by atoms with E-state index in [9.17, 15) is 9.59 Å². The molecule has 2 aromatic rings. The number of carbonyl (C=O) groups excluding carboxylic acids is 2. The average molecular weight is 367 g/mol. The SMILES string of the molecule is Cc1ccc(N(CC(=O)N(CCC(N)=O)Cc2ccccc2)C(C)C)cc1. The van der Waals surface area contributed by atoms with E-state index in [1.807, 2.05) is 61.5 Å². The quantitative estimate of drug-likeness (QED) is 0.740. The molecule has 2 aromatic carbocycles. The minimum atomic E-state index is -0.403. The lowest BCUT2D eigenvalue weighted by Crippen LogP contribution is -2.43. The molecule has 5 nitrogen and oxygen atoms in total. The van der Waals surface area contributed by atoms with Crippen molar-refractivity contribution in [3.8, 4) is 0 Å². The van der Waals surface area contributed by atoms with Gasteiger partial charge in [0.2, 0.25) is 11.8 Å². The molecule has 0 heterocycles. The number of amides is 2. The average Bonchev–Trinajstić information content (AvgIpc) is 2.64. The minimum absolute atomic E-state index is 0.0191. The summed E-state index contributed by atoms with van der Waals surface area (Å²) in [6.07, 6.45) is 0.158. The van der Waals surface area contributed by atoms with Crippen LogP contribution in [0, 0.1) is 6.92 Å². The van der Waals surface area contributed by atoms with Gasteiger partial charge in [0.05, 0.1) is 6.54 Å². The van der Waals surface area contributed by atoms with Crippen LogP contribution in [0.3, 0.4) is 0 Å². The predicted molar refractivity (Wildman–Crippen MR) is 109 cm³/mol. The van der Waals surface area contributed by atoms with Crippen molar-refractivity contribution in [2.45, 2.75) is 39.8 Å². The van der Waals surface area contributed by atoms with E-state index >= 15 is 0 Å². The minimum Gasteiger partial charge on any atom is -0.370 e. The Bertz CT molecular complexity index is 742. The van der Waals surface area contributed by atoms with Crippen LogP contribution in [0.25, 0.3) is 0 Å². The van der Waals surface area contributed by atoms with Gasteiger partial charge in [-0.05, 0) is 38.5 Å². The summed E-state index contributed by atoms with van der Waals surface area (Å²) >= 11 is 0. The summed E-state index contributed by atoms with van der Waals surface area (Å²) in [6, 6.07) is 18.1. The van der Waals surface area contributed by atoms with Gasteiger partial charge < -0.3 is 15.5 Å². The molecule has 5 heteroatoms. The van der Waals surface area contributed by atoms with Gasteiger partial charge in [-0.15, -0.1) is 0 Å². The second-order valence-electron chi connectivity index (χ2n) is 7.07. The summed E-state index contributed by atoms with van der Waals surface area (Å²) in [5.41, 5.74) is 8.53. The molecular formula is C22H29N3O2. The van der Waals surface area contributed by atoms with Gasteiger partial charge in [0.15, 0.2) is 0 Å². The molecule has 0 aliphatic rings. The Kier molecular flexibility index (Phi) is 7.41. The van der Waals surface area contributed by atoms with E-state index in [1.165, 1.54) is 5.56 Å². The van der Waals surface area contributed by atoms with Crippen molar-refractivity contribution < 1.29 is 9.59 Å². The normalized spacial score (nSPS) is 10.7. The van der Waals surface area contributed by atoms with Gasteiger partial charge in [0.25, 0.3) is 0 Å². The number of aryl methyl sites for hydroxylation is 1.